The summed E-state index contributed by atoms with van der Waals surface area (Å²) in [7, 11) is -3.43. The van der Waals surface area contributed by atoms with Gasteiger partial charge in [-0.2, -0.15) is 4.31 Å². The molecule has 0 spiro atoms. The van der Waals surface area contributed by atoms with Crippen LogP contribution in [0.25, 0.3) is 21.8 Å². The van der Waals surface area contributed by atoms with Crippen LogP contribution in [0.2, 0.25) is 0 Å². The van der Waals surface area contributed by atoms with E-state index in [2.05, 4.69) is 0 Å². The van der Waals surface area contributed by atoms with Gasteiger partial charge in [0.25, 0.3) is 0 Å². The second-order valence-electron chi connectivity index (χ2n) is 7.50. The SMILES string of the molecule is CS(=O)(=O)N(CC(O)Cn1c2ccc(F)cc2c2cc(F)ccc21)C1CCC1. The maximum absolute atomic E-state index is 13.7. The van der Waals surface area contributed by atoms with E-state index in [1.54, 1.807) is 16.7 Å². The standard InChI is InChI=1S/C20H22F2N2O3S/c1-28(26,27)24(15-3-2-4-15)12-16(25)11-23-19-7-5-13(21)9-17(19)18-10-14(22)6-8-20(18)23/h5-10,15-16,25H,2-4,11-12H2,1H3. The number of aliphatic hydroxyl groups is 1. The third-order valence-electron chi connectivity index (χ3n) is 5.48. The fourth-order valence-corrected chi connectivity index (χ4v) is 5.15. The third kappa shape index (κ3) is 3.52. The minimum absolute atomic E-state index is 0.00689. The molecule has 2 aromatic carbocycles. The van der Waals surface area contributed by atoms with Crippen molar-refractivity contribution >= 4 is 31.8 Å². The Hall–Kier alpha value is -2.03. The molecule has 1 saturated carbocycles. The highest BCUT2D eigenvalue weighted by molar-refractivity contribution is 7.88. The second-order valence-corrected chi connectivity index (χ2v) is 9.44. The molecule has 1 unspecified atom stereocenters. The Balaban J connectivity index is 1.70. The first kappa shape index (κ1) is 19.3. The number of benzene rings is 2. The molecule has 0 bridgehead atoms. The molecule has 1 aromatic heterocycles. The first-order chi connectivity index (χ1) is 13.2. The van der Waals surface area contributed by atoms with Gasteiger partial charge in [-0.25, -0.2) is 17.2 Å². The highest BCUT2D eigenvalue weighted by Gasteiger charge is 2.32. The Morgan fingerprint density at radius 2 is 1.64 bits per heavy atom. The molecule has 4 rings (SSSR count). The van der Waals surface area contributed by atoms with Gasteiger partial charge in [0, 0.05) is 34.4 Å². The van der Waals surface area contributed by atoms with Crippen molar-refractivity contribution < 1.29 is 22.3 Å². The quantitative estimate of drug-likeness (QED) is 0.681. The fraction of sp³-hybridized carbons (Fsp3) is 0.400. The van der Waals surface area contributed by atoms with Crippen LogP contribution < -0.4 is 0 Å². The van der Waals surface area contributed by atoms with Gasteiger partial charge >= 0.3 is 0 Å². The number of rotatable bonds is 6. The number of halogens is 2. The molecule has 1 atom stereocenters. The van der Waals surface area contributed by atoms with Crippen LogP contribution in [-0.2, 0) is 16.6 Å². The molecule has 1 aliphatic carbocycles. The summed E-state index contributed by atoms with van der Waals surface area (Å²) in [5.41, 5.74) is 1.33. The van der Waals surface area contributed by atoms with E-state index in [-0.39, 0.29) is 19.1 Å². The lowest BCUT2D eigenvalue weighted by molar-refractivity contribution is 0.101. The second kappa shape index (κ2) is 7.09. The lowest BCUT2D eigenvalue weighted by Gasteiger charge is -2.36. The Bertz CT molecular complexity index is 1080. The molecule has 0 aliphatic heterocycles. The van der Waals surface area contributed by atoms with E-state index in [1.807, 2.05) is 0 Å². The van der Waals surface area contributed by atoms with Crippen LogP contribution in [0.15, 0.2) is 36.4 Å². The van der Waals surface area contributed by atoms with Crippen molar-refractivity contribution in [1.29, 1.82) is 0 Å². The van der Waals surface area contributed by atoms with Gasteiger partial charge in [-0.3, -0.25) is 0 Å². The van der Waals surface area contributed by atoms with Crippen molar-refractivity contribution in [3.63, 3.8) is 0 Å². The molecule has 1 N–H and O–H groups in total. The number of sulfonamides is 1. The molecule has 0 radical (unpaired) electrons. The van der Waals surface area contributed by atoms with Crippen molar-refractivity contribution in [2.75, 3.05) is 12.8 Å². The summed E-state index contributed by atoms with van der Waals surface area (Å²) in [6, 6.07) is 8.44. The van der Waals surface area contributed by atoms with E-state index in [0.717, 1.165) is 25.5 Å². The first-order valence-corrected chi connectivity index (χ1v) is 11.1. The highest BCUT2D eigenvalue weighted by Crippen LogP contribution is 2.31. The molecular weight excluding hydrogens is 386 g/mol. The lowest BCUT2D eigenvalue weighted by atomic mass is 9.93. The summed E-state index contributed by atoms with van der Waals surface area (Å²) in [6.07, 6.45) is 2.78. The van der Waals surface area contributed by atoms with E-state index in [9.17, 15) is 22.3 Å². The minimum Gasteiger partial charge on any atom is -0.390 e. The van der Waals surface area contributed by atoms with Gasteiger partial charge in [0.2, 0.25) is 10.0 Å². The molecule has 8 heteroatoms. The van der Waals surface area contributed by atoms with Crippen molar-refractivity contribution in [1.82, 2.24) is 8.87 Å². The number of aliphatic hydroxyl groups excluding tert-OH is 1. The molecule has 0 saturated heterocycles. The molecule has 150 valence electrons. The summed E-state index contributed by atoms with van der Waals surface area (Å²) < 4.78 is 54.9. The zero-order valence-corrected chi connectivity index (χ0v) is 16.3. The Morgan fingerprint density at radius 1 is 1.11 bits per heavy atom. The monoisotopic (exact) mass is 408 g/mol. The zero-order valence-electron chi connectivity index (χ0n) is 15.5. The van der Waals surface area contributed by atoms with E-state index in [0.29, 0.717) is 21.8 Å². The number of aromatic nitrogens is 1. The highest BCUT2D eigenvalue weighted by atomic mass is 32.2. The van der Waals surface area contributed by atoms with Crippen LogP contribution in [0.1, 0.15) is 19.3 Å². The van der Waals surface area contributed by atoms with Gasteiger partial charge in [-0.15, -0.1) is 0 Å². The van der Waals surface area contributed by atoms with Crippen LogP contribution >= 0.6 is 0 Å². The zero-order chi connectivity index (χ0) is 20.1. The largest absolute Gasteiger partial charge is 0.390 e. The maximum Gasteiger partial charge on any atom is 0.211 e. The van der Waals surface area contributed by atoms with Crippen LogP contribution in [-0.4, -0.2) is 47.3 Å². The normalized spacial score (nSPS) is 16.8. The summed E-state index contributed by atoms with van der Waals surface area (Å²) in [5, 5.41) is 11.8. The molecule has 0 amide bonds. The van der Waals surface area contributed by atoms with Gasteiger partial charge in [0.15, 0.2) is 0 Å². The third-order valence-corrected chi connectivity index (χ3v) is 6.78. The van der Waals surface area contributed by atoms with Gasteiger partial charge in [0.05, 0.1) is 18.9 Å². The predicted molar refractivity (Wildman–Crippen MR) is 105 cm³/mol. The lowest BCUT2D eigenvalue weighted by Crippen LogP contribution is -2.47. The summed E-state index contributed by atoms with van der Waals surface area (Å²) in [5.74, 6) is -0.853. The number of nitrogens with zero attached hydrogens (tertiary/aromatic N) is 2. The van der Waals surface area contributed by atoms with E-state index in [1.165, 1.54) is 28.6 Å². The first-order valence-electron chi connectivity index (χ1n) is 9.26. The van der Waals surface area contributed by atoms with Crippen molar-refractivity contribution in [3.8, 4) is 0 Å². The van der Waals surface area contributed by atoms with Crippen LogP contribution in [0.3, 0.4) is 0 Å². The summed E-state index contributed by atoms with van der Waals surface area (Å²) >= 11 is 0. The molecule has 28 heavy (non-hydrogen) atoms. The van der Waals surface area contributed by atoms with Crippen molar-refractivity contribution in [3.05, 3.63) is 48.0 Å². The molecule has 1 fully saturated rings. The van der Waals surface area contributed by atoms with Gasteiger partial charge < -0.3 is 9.67 Å². The van der Waals surface area contributed by atoms with E-state index < -0.39 is 27.8 Å². The van der Waals surface area contributed by atoms with Crippen LogP contribution in [0.5, 0.6) is 0 Å². The van der Waals surface area contributed by atoms with Gasteiger partial charge in [-0.1, -0.05) is 6.42 Å². The molecule has 1 heterocycles. The maximum atomic E-state index is 13.7. The molecule has 5 nitrogen and oxygen atoms in total. The average Bonchev–Trinajstić information content (AvgIpc) is 2.84. The predicted octanol–water partition coefficient (Wildman–Crippen LogP) is 3.25. The van der Waals surface area contributed by atoms with E-state index in [4.69, 9.17) is 0 Å². The average molecular weight is 408 g/mol. The number of fused-ring (bicyclic) bond motifs is 3. The molecular formula is C20H22F2N2O3S. The molecule has 1 aliphatic rings. The van der Waals surface area contributed by atoms with Crippen LogP contribution in [0, 0.1) is 11.6 Å². The number of hydrogen-bond donors (Lipinski definition) is 1. The summed E-state index contributed by atoms with van der Waals surface area (Å²) in [4.78, 5) is 0. The molecule has 3 aromatic rings. The minimum atomic E-state index is -3.43. The Labute approximate surface area is 162 Å². The van der Waals surface area contributed by atoms with Gasteiger partial charge in [0.1, 0.15) is 11.6 Å². The van der Waals surface area contributed by atoms with Crippen LogP contribution in [0.4, 0.5) is 8.78 Å². The Kier molecular flexibility index (Phi) is 4.89. The summed E-state index contributed by atoms with van der Waals surface area (Å²) in [6.45, 7) is 0.114. The topological polar surface area (TPSA) is 62.5 Å². The smallest absolute Gasteiger partial charge is 0.211 e. The van der Waals surface area contributed by atoms with Crippen molar-refractivity contribution in [2.45, 2.75) is 38.0 Å². The van der Waals surface area contributed by atoms with Gasteiger partial charge in [-0.05, 0) is 49.2 Å². The number of hydrogen-bond acceptors (Lipinski definition) is 3. The Morgan fingerprint density at radius 3 is 2.07 bits per heavy atom. The van der Waals surface area contributed by atoms with Crippen molar-refractivity contribution in [2.24, 2.45) is 0 Å². The fourth-order valence-electron chi connectivity index (χ4n) is 3.95. The van der Waals surface area contributed by atoms with E-state index >= 15 is 0 Å².